The normalized spacial score (nSPS) is 11.4. The van der Waals surface area contributed by atoms with E-state index in [4.69, 9.17) is 10.7 Å². The summed E-state index contributed by atoms with van der Waals surface area (Å²) in [5.41, 5.74) is 0.779. The van der Waals surface area contributed by atoms with Gasteiger partial charge in [-0.2, -0.15) is 13.5 Å². The molecule has 0 aliphatic heterocycles. The van der Waals surface area contributed by atoms with E-state index in [0.29, 0.717) is 0 Å². The lowest BCUT2D eigenvalue weighted by Gasteiger charge is -2.09. The van der Waals surface area contributed by atoms with Crippen LogP contribution in [0.25, 0.3) is 0 Å². The Morgan fingerprint density at radius 2 is 2.00 bits per heavy atom. The zero-order chi connectivity index (χ0) is 12.9. The van der Waals surface area contributed by atoms with Gasteiger partial charge in [0.1, 0.15) is 0 Å². The molecule has 0 aromatic heterocycles. The van der Waals surface area contributed by atoms with Gasteiger partial charge in [0.25, 0.3) is 0 Å². The van der Waals surface area contributed by atoms with Gasteiger partial charge < -0.3 is 0 Å². The third-order valence-corrected chi connectivity index (χ3v) is 2.33. The Kier molecular flexibility index (Phi) is 4.47. The van der Waals surface area contributed by atoms with E-state index in [1.54, 1.807) is 16.9 Å². The Morgan fingerprint density at radius 3 is 2.53 bits per heavy atom. The molecule has 6 nitrogen and oxygen atoms in total. The molecule has 1 rings (SSSR count). The average molecular weight is 276 g/mol. The maximum Gasteiger partial charge on any atom is 0.352 e. The van der Waals surface area contributed by atoms with E-state index in [9.17, 15) is 13.2 Å². The van der Waals surface area contributed by atoms with Crippen molar-refractivity contribution in [3.8, 4) is 0 Å². The Labute approximate surface area is 103 Å². The third kappa shape index (κ3) is 5.32. The number of benzene rings is 1. The van der Waals surface area contributed by atoms with Crippen LogP contribution in [0.4, 0.5) is 4.79 Å². The van der Waals surface area contributed by atoms with Gasteiger partial charge in [-0.05, 0) is 5.56 Å². The van der Waals surface area contributed by atoms with Gasteiger partial charge in [0.15, 0.2) is 0 Å². The minimum Gasteiger partial charge on any atom is -0.245 e. The molecule has 8 heteroatoms. The van der Waals surface area contributed by atoms with E-state index in [0.717, 1.165) is 10.6 Å². The third-order valence-electron chi connectivity index (χ3n) is 1.68. The fourth-order valence-electron chi connectivity index (χ4n) is 0.915. The highest BCUT2D eigenvalue weighted by Crippen LogP contribution is 1.97. The van der Waals surface area contributed by atoms with E-state index in [2.05, 4.69) is 5.10 Å². The van der Waals surface area contributed by atoms with Gasteiger partial charge in [0.05, 0.1) is 6.21 Å². The Bertz CT molecular complexity index is 516. The first-order valence-electron chi connectivity index (χ1n) is 4.47. The second kappa shape index (κ2) is 5.65. The first-order chi connectivity index (χ1) is 7.88. The van der Waals surface area contributed by atoms with Crippen molar-refractivity contribution in [3.63, 3.8) is 0 Å². The minimum absolute atomic E-state index is 0.779. The van der Waals surface area contributed by atoms with E-state index >= 15 is 0 Å². The van der Waals surface area contributed by atoms with E-state index in [-0.39, 0.29) is 0 Å². The molecule has 0 bridgehead atoms. The monoisotopic (exact) mass is 275 g/mol. The summed E-state index contributed by atoms with van der Waals surface area (Å²) >= 11 is 0. The van der Waals surface area contributed by atoms with E-state index in [1.807, 2.05) is 18.2 Å². The van der Waals surface area contributed by atoms with Crippen LogP contribution in [0.5, 0.6) is 0 Å². The van der Waals surface area contributed by atoms with Crippen LogP contribution < -0.4 is 4.72 Å². The average Bonchev–Trinajstić information content (AvgIpc) is 2.25. The summed E-state index contributed by atoms with van der Waals surface area (Å²) in [5.74, 6) is 0. The van der Waals surface area contributed by atoms with Gasteiger partial charge in [-0.3, -0.25) is 0 Å². The molecule has 92 valence electrons. The zero-order valence-electron chi connectivity index (χ0n) is 8.87. The van der Waals surface area contributed by atoms with Crippen LogP contribution >= 0.6 is 10.7 Å². The molecular formula is C9H10ClN3O3S. The summed E-state index contributed by atoms with van der Waals surface area (Å²) in [6.45, 7) is 0. The van der Waals surface area contributed by atoms with Crippen molar-refractivity contribution >= 4 is 32.2 Å². The molecule has 17 heavy (non-hydrogen) atoms. The number of nitrogens with one attached hydrogen (secondary N) is 1. The number of hydrogen-bond donors (Lipinski definition) is 1. The van der Waals surface area contributed by atoms with Crippen LogP contribution in [-0.2, 0) is 9.24 Å². The number of carbonyl (C=O) groups excluding carboxylic acids is 1. The lowest BCUT2D eigenvalue weighted by Crippen LogP contribution is -2.35. The highest BCUT2D eigenvalue weighted by atomic mass is 35.7. The molecule has 1 aromatic rings. The van der Waals surface area contributed by atoms with Crippen molar-refractivity contribution < 1.29 is 13.2 Å². The quantitative estimate of drug-likeness (QED) is 0.510. The molecule has 0 atom stereocenters. The molecule has 0 heterocycles. The summed E-state index contributed by atoms with van der Waals surface area (Å²) in [4.78, 5) is 11.2. The van der Waals surface area contributed by atoms with Gasteiger partial charge in [-0.25, -0.2) is 14.5 Å². The molecular weight excluding hydrogens is 266 g/mol. The molecule has 1 aromatic carbocycles. The number of amides is 2. The molecule has 0 fully saturated rings. The Balaban J connectivity index is 2.64. The Morgan fingerprint density at radius 1 is 1.41 bits per heavy atom. The van der Waals surface area contributed by atoms with Crippen LogP contribution in [0.3, 0.4) is 0 Å². The Hall–Kier alpha value is -1.60. The molecule has 2 amide bonds. The summed E-state index contributed by atoms with van der Waals surface area (Å²) in [6.07, 6.45) is 1.42. The van der Waals surface area contributed by atoms with Crippen LogP contribution in [-0.4, -0.2) is 32.7 Å². The largest absolute Gasteiger partial charge is 0.352 e. The molecule has 0 saturated carbocycles. The maximum absolute atomic E-state index is 11.2. The molecule has 0 aliphatic carbocycles. The second-order valence-electron chi connectivity index (χ2n) is 3.02. The van der Waals surface area contributed by atoms with Gasteiger partial charge in [-0.1, -0.05) is 30.3 Å². The zero-order valence-corrected chi connectivity index (χ0v) is 10.4. The smallest absolute Gasteiger partial charge is 0.245 e. The summed E-state index contributed by atoms with van der Waals surface area (Å²) in [5, 5.41) is 4.58. The number of hydrogen-bond acceptors (Lipinski definition) is 4. The van der Waals surface area contributed by atoms with Gasteiger partial charge in [-0.15, -0.1) is 0 Å². The predicted octanol–water partition coefficient (Wildman–Crippen LogP) is 1.15. The number of nitrogens with zero attached hydrogens (tertiary/aromatic N) is 2. The molecule has 0 aliphatic rings. The van der Waals surface area contributed by atoms with Gasteiger partial charge >= 0.3 is 15.3 Å². The van der Waals surface area contributed by atoms with Crippen LogP contribution in [0.15, 0.2) is 35.4 Å². The van der Waals surface area contributed by atoms with Crippen molar-refractivity contribution in [2.24, 2.45) is 5.10 Å². The molecule has 0 saturated heterocycles. The number of rotatable bonds is 3. The fraction of sp³-hybridized carbons (Fsp3) is 0.111. The lowest BCUT2D eigenvalue weighted by atomic mass is 10.2. The topological polar surface area (TPSA) is 78.8 Å². The predicted molar refractivity (Wildman–Crippen MR) is 65.1 cm³/mol. The number of hydrazone groups is 1. The number of carbonyl (C=O) groups is 1. The van der Waals surface area contributed by atoms with Crippen LogP contribution in [0.1, 0.15) is 5.56 Å². The second-order valence-corrected chi connectivity index (χ2v) is 5.32. The van der Waals surface area contributed by atoms with Crippen molar-refractivity contribution in [1.82, 2.24) is 9.73 Å². The maximum atomic E-state index is 11.2. The summed E-state index contributed by atoms with van der Waals surface area (Å²) in [7, 11) is 2.06. The van der Waals surface area contributed by atoms with Crippen molar-refractivity contribution in [2.45, 2.75) is 0 Å². The van der Waals surface area contributed by atoms with Crippen LogP contribution in [0.2, 0.25) is 0 Å². The lowest BCUT2D eigenvalue weighted by molar-refractivity contribution is 0.217. The molecule has 1 N–H and O–H groups in total. The van der Waals surface area contributed by atoms with E-state index < -0.39 is 15.3 Å². The molecule has 0 spiro atoms. The standard InChI is InChI=1S/C9H10ClN3O3S/c1-13(9(14)12-17(10,15)16)11-7-8-5-3-2-4-6-8/h2-7H,1H3,(H,12,14)/b11-7+. The van der Waals surface area contributed by atoms with Crippen molar-refractivity contribution in [2.75, 3.05) is 7.05 Å². The summed E-state index contributed by atoms with van der Waals surface area (Å²) < 4.78 is 22.7. The number of urea groups is 1. The minimum atomic E-state index is -4.09. The SMILES string of the molecule is CN(/N=C/c1ccccc1)C(=O)NS(=O)(=O)Cl. The van der Waals surface area contributed by atoms with Crippen molar-refractivity contribution in [1.29, 1.82) is 0 Å². The fourth-order valence-corrected chi connectivity index (χ4v) is 1.45. The van der Waals surface area contributed by atoms with Gasteiger partial charge in [0.2, 0.25) is 0 Å². The van der Waals surface area contributed by atoms with E-state index in [1.165, 1.54) is 13.3 Å². The molecule has 0 unspecified atom stereocenters. The van der Waals surface area contributed by atoms with Crippen LogP contribution in [0, 0.1) is 0 Å². The highest BCUT2D eigenvalue weighted by molar-refractivity contribution is 8.12. The molecule has 0 radical (unpaired) electrons. The highest BCUT2D eigenvalue weighted by Gasteiger charge is 2.13. The van der Waals surface area contributed by atoms with Gasteiger partial charge in [0, 0.05) is 17.7 Å². The first-order valence-corrected chi connectivity index (χ1v) is 6.78. The summed E-state index contributed by atoms with van der Waals surface area (Å²) in [6, 6.07) is 8.09. The number of halogens is 1. The first kappa shape index (κ1) is 13.5. The van der Waals surface area contributed by atoms with Crippen molar-refractivity contribution in [3.05, 3.63) is 35.9 Å².